The predicted octanol–water partition coefficient (Wildman–Crippen LogP) is 18.5. The van der Waals surface area contributed by atoms with Gasteiger partial charge in [0, 0.05) is 0 Å². The zero-order chi connectivity index (χ0) is 94.4. The van der Waals surface area contributed by atoms with Crippen molar-refractivity contribution in [3.05, 3.63) is 24.3 Å². The molecule has 49 atom stereocenters. The molecule has 128 heavy (non-hydrogen) atoms. The lowest BCUT2D eigenvalue weighted by Crippen LogP contribution is -2.57. The highest BCUT2D eigenvalue weighted by Gasteiger charge is 2.68. The molecule has 0 aromatic carbocycles. The first-order chi connectivity index (χ1) is 59.5. The smallest absolute Gasteiger partial charge is 0.101 e. The van der Waals surface area contributed by atoms with E-state index in [4.69, 9.17) is 0 Å². The highest BCUT2D eigenvalue weighted by atomic mass is 16.4. The first-order valence-electron chi connectivity index (χ1n) is 53.8. The van der Waals surface area contributed by atoms with Crippen LogP contribution in [-0.2, 0) is 0 Å². The van der Waals surface area contributed by atoms with Crippen molar-refractivity contribution in [1.82, 2.24) is 0 Å². The van der Waals surface area contributed by atoms with Crippen molar-refractivity contribution in [3.8, 4) is 0 Å². The van der Waals surface area contributed by atoms with Gasteiger partial charge in [0.05, 0.1) is 85.5 Å². The Morgan fingerprint density at radius 1 is 0.297 bits per heavy atom. The van der Waals surface area contributed by atoms with Crippen molar-refractivity contribution in [2.75, 3.05) is 0 Å². The summed E-state index contributed by atoms with van der Waals surface area (Å²) >= 11 is 0. The topological polar surface area (TPSA) is 324 Å². The fourth-order valence-corrected chi connectivity index (χ4v) is 37.4. The largest absolute Gasteiger partial charge is 0.390 e. The van der Waals surface area contributed by atoms with E-state index in [0.717, 1.165) is 88.2 Å². The maximum Gasteiger partial charge on any atom is 0.101 e. The molecule has 740 valence electrons. The Labute approximate surface area is 778 Å². The van der Waals surface area contributed by atoms with Crippen molar-refractivity contribution in [2.45, 2.75) is 462 Å². The van der Waals surface area contributed by atoms with E-state index in [1.807, 2.05) is 34.6 Å². The predicted molar refractivity (Wildman–Crippen MR) is 511 cm³/mol. The Hall–Kier alpha value is -1.16. The molecule has 0 saturated heterocycles. The van der Waals surface area contributed by atoms with Crippen molar-refractivity contribution >= 4 is 0 Å². The van der Waals surface area contributed by atoms with E-state index in [1.165, 1.54) is 128 Å². The Bertz CT molecular complexity index is 3670. The summed E-state index contributed by atoms with van der Waals surface area (Å²) in [5.74, 6) is 13.2. The van der Waals surface area contributed by atoms with Gasteiger partial charge in [-0.15, -0.1) is 0 Å². The van der Waals surface area contributed by atoms with E-state index < -0.39 is 97.7 Å². The second-order valence-corrected chi connectivity index (χ2v) is 53.4. The standard InChI is InChI=1S/C29H50O4.C28H50O4.C28H48O4.C27H48O4/c1-16(25(32)26(33)17(2)27(3,4)5)20-10-11-21-19-9-8-18-14-23(30)24(31)15-29(18,7)22(19)12-13-28(20,21)6;2*1-15(2)16(3)25(31)26(32)17(4)20-9-10-21-19-8-7-18-13-23(29)24(30)14-28(18,6)22(19)11-12-27(20,21)5;1-15(2)12-23(29)25(31)16(3)19-8-9-20-18-7-6-17-13-22(28)24(30)14-27(17,5)21(18)10-11-26(19,20)4/h16,18-26,30-33H,2,8-15H2,1,3-7H3;15-26,29-32H,7-14H2,1-6H3;15,17-26,29-32H,3,7-14H2,1-2,4-6H3;15-25,28-31H,6-14H2,1-5H3/t16-,18?,19?,20+,21?,22?,23-,24+,25+,26+,28+,29-;16-,17+,18?,19?,20-,21?,22?,23+,24-,25-,26-,27-,28+;17-,18?,19?,20+,21?,22?,23-,24+,25+,26+,27+,28-;16-,17?,18?,19+,20?,21?,22-,23+,24+,25+,26+,27-/m0100/s1. The van der Waals surface area contributed by atoms with Gasteiger partial charge in [0.2, 0.25) is 0 Å². The quantitative estimate of drug-likeness (QED) is 0.0535. The molecule has 0 aromatic rings. The van der Waals surface area contributed by atoms with Gasteiger partial charge in [0.15, 0.2) is 0 Å². The van der Waals surface area contributed by atoms with Crippen LogP contribution in [0, 0.1) is 214 Å². The molecule has 0 radical (unpaired) electrons. The monoisotopic (exact) mass is 1800 g/mol. The first kappa shape index (κ1) is 104. The Kier molecular flexibility index (Phi) is 31.9. The summed E-state index contributed by atoms with van der Waals surface area (Å²) < 4.78 is 0. The van der Waals surface area contributed by atoms with Gasteiger partial charge in [-0.25, -0.2) is 0 Å². The van der Waals surface area contributed by atoms with Crippen LogP contribution in [-0.4, -0.2) is 179 Å². The van der Waals surface area contributed by atoms with Crippen LogP contribution in [0.5, 0.6) is 0 Å². The van der Waals surface area contributed by atoms with Crippen LogP contribution in [0.15, 0.2) is 24.3 Å². The van der Waals surface area contributed by atoms with Gasteiger partial charge in [-0.05, 0) is 437 Å². The molecule has 16 aliphatic carbocycles. The molecule has 16 heteroatoms. The van der Waals surface area contributed by atoms with Crippen LogP contribution in [0.1, 0.15) is 364 Å². The normalized spacial score (nSPS) is 49.4. The number of aliphatic hydroxyl groups excluding tert-OH is 16. The third-order valence-corrected chi connectivity index (χ3v) is 45.9. The molecule has 16 saturated carbocycles. The highest BCUT2D eigenvalue weighted by molar-refractivity contribution is 5.20. The van der Waals surface area contributed by atoms with Crippen LogP contribution in [0.4, 0.5) is 0 Å². The van der Waals surface area contributed by atoms with E-state index in [9.17, 15) is 81.7 Å². The summed E-state index contributed by atoms with van der Waals surface area (Å²) in [6.07, 6.45) is 25.0. The molecule has 16 N–H and O–H groups in total. The van der Waals surface area contributed by atoms with Gasteiger partial charge in [-0.2, -0.15) is 0 Å². The number of rotatable bonds is 19. The van der Waals surface area contributed by atoms with Gasteiger partial charge in [-0.3, -0.25) is 0 Å². The maximum absolute atomic E-state index is 11.2. The molecule has 0 amide bonds. The Balaban J connectivity index is 0.000000146. The van der Waals surface area contributed by atoms with Gasteiger partial charge < -0.3 is 81.7 Å². The molecule has 16 rings (SSSR count). The lowest BCUT2D eigenvalue weighted by molar-refractivity contribution is -0.163. The summed E-state index contributed by atoms with van der Waals surface area (Å²) in [7, 11) is 0. The SMILES string of the molecule is C=C(C(C)C)[C@@H](O)[C@H](O)[C@@H](C)[C@H]1CCC2C3CCC4C[C@H](O)[C@H](O)C[C@]4(C)C3CC[C@@]21C.C=C([C@@H](O)[C@H](O)[C@@H](C)[C@H]1CCC2C3CCC4C[C@H](O)[C@H](O)C[C@]4(C)C3CC[C@@]21C)C(C)(C)C.CC(C)C[C@@H](O)[C@H](O)[C@@H](C)[C@H]1CCC2C3CCC4C[C@H](O)[C@H](O)C[C@]4(C)C3CC[C@@]21C.CC(C)[C@@H](C)[C@@H](O)[C@H](O)[C@@H](C)[C@H]1CCC2C3CCC4C[C@H](O)[C@H](O)C[C@]4(C)C3CC[C@@]21C. The van der Waals surface area contributed by atoms with Crippen LogP contribution in [0.2, 0.25) is 0 Å². The maximum atomic E-state index is 11.2. The third-order valence-electron chi connectivity index (χ3n) is 45.9. The second-order valence-electron chi connectivity index (χ2n) is 53.4. The fourth-order valence-electron chi connectivity index (χ4n) is 37.4. The molecule has 0 heterocycles. The number of fused-ring (bicyclic) bond motifs is 20. The highest BCUT2D eigenvalue weighted by Crippen LogP contribution is 2.74. The van der Waals surface area contributed by atoms with Crippen LogP contribution in [0.3, 0.4) is 0 Å². The van der Waals surface area contributed by atoms with Crippen molar-refractivity contribution < 1.29 is 81.7 Å². The van der Waals surface area contributed by atoms with E-state index >= 15 is 0 Å². The van der Waals surface area contributed by atoms with Gasteiger partial charge in [0.25, 0.3) is 0 Å². The molecule has 0 bridgehead atoms. The van der Waals surface area contributed by atoms with Gasteiger partial charge in [-0.1, -0.05) is 165 Å². The second kappa shape index (κ2) is 39.1. The Morgan fingerprint density at radius 3 is 0.797 bits per heavy atom. The van der Waals surface area contributed by atoms with Crippen LogP contribution in [0.25, 0.3) is 0 Å². The fraction of sp³-hybridized carbons (Fsp3) is 0.964. The molecular weight excluding hydrogens is 1600 g/mol. The van der Waals surface area contributed by atoms with E-state index in [-0.39, 0.29) is 84.2 Å². The average molecular weight is 1800 g/mol. The summed E-state index contributed by atoms with van der Waals surface area (Å²) in [5, 5.41) is 171. The van der Waals surface area contributed by atoms with Crippen molar-refractivity contribution in [3.63, 3.8) is 0 Å². The minimum Gasteiger partial charge on any atom is -0.390 e. The van der Waals surface area contributed by atoms with Crippen molar-refractivity contribution in [1.29, 1.82) is 0 Å². The summed E-state index contributed by atoms with van der Waals surface area (Å²) in [6.45, 7) is 57.0. The number of hydrogen-bond acceptors (Lipinski definition) is 16. The number of aliphatic hydroxyl groups is 16. The minimum absolute atomic E-state index is 0.0317. The first-order valence-corrected chi connectivity index (χ1v) is 53.8. The molecule has 16 fully saturated rings. The van der Waals surface area contributed by atoms with Crippen LogP contribution < -0.4 is 0 Å². The zero-order valence-corrected chi connectivity index (χ0v) is 84.8. The summed E-state index contributed by atoms with van der Waals surface area (Å²) in [6, 6.07) is 0. The van der Waals surface area contributed by atoms with E-state index in [1.54, 1.807) is 0 Å². The van der Waals surface area contributed by atoms with Crippen LogP contribution >= 0.6 is 0 Å². The minimum atomic E-state index is -0.886. The average Bonchev–Trinajstić information content (AvgIpc) is 1.25. The van der Waals surface area contributed by atoms with Gasteiger partial charge >= 0.3 is 0 Å². The summed E-state index contributed by atoms with van der Waals surface area (Å²) in [5.41, 5.74) is 2.67. The van der Waals surface area contributed by atoms with Gasteiger partial charge in [0.1, 0.15) is 12.2 Å². The lowest BCUT2D eigenvalue weighted by Gasteiger charge is -2.61. The van der Waals surface area contributed by atoms with E-state index in [0.29, 0.717) is 137 Å². The molecule has 0 aliphatic heterocycles. The van der Waals surface area contributed by atoms with Crippen molar-refractivity contribution in [2.24, 2.45) is 214 Å². The molecule has 0 spiro atoms. The number of hydrogen-bond donors (Lipinski definition) is 16. The Morgan fingerprint density at radius 2 is 0.547 bits per heavy atom. The molecule has 16 aliphatic rings. The lowest BCUT2D eigenvalue weighted by atomic mass is 9.44. The zero-order valence-electron chi connectivity index (χ0n) is 84.8. The third kappa shape index (κ3) is 18.6. The molecule has 0 aromatic heterocycles. The molecule has 16 nitrogen and oxygen atoms in total. The molecule has 16 unspecified atom stereocenters. The van der Waals surface area contributed by atoms with E-state index in [2.05, 4.69) is 131 Å². The summed E-state index contributed by atoms with van der Waals surface area (Å²) in [4.78, 5) is 0. The molecular formula is C112H196O16.